The van der Waals surface area contributed by atoms with Gasteiger partial charge in [-0.3, -0.25) is 9.59 Å². The molecule has 0 bridgehead atoms. The predicted octanol–water partition coefficient (Wildman–Crippen LogP) is 3.69. The van der Waals surface area contributed by atoms with Crippen molar-refractivity contribution in [3.63, 3.8) is 0 Å². The molecule has 3 aromatic carbocycles. The van der Waals surface area contributed by atoms with Crippen molar-refractivity contribution in [2.75, 3.05) is 5.32 Å². The molecule has 0 saturated heterocycles. The van der Waals surface area contributed by atoms with Crippen LogP contribution >= 0.6 is 0 Å². The Labute approximate surface area is 159 Å². The molecule has 0 radical (unpaired) electrons. The van der Waals surface area contributed by atoms with Gasteiger partial charge in [0.2, 0.25) is 0 Å². The number of Topliss-reactive ketones (excluding diaryl/α,β-unsaturated/α-hetero) is 1. The molecule has 3 N–H and O–H groups in total. The van der Waals surface area contributed by atoms with E-state index in [1.165, 1.54) is 23.3 Å². The first-order valence-corrected chi connectivity index (χ1v) is 9.20. The Hall–Kier alpha value is -2.98. The standard InChI is InChI=1S/C23H24N2O2/c1-15(21-13-7-9-18-8-4-5-12-22(18)21)24-16(2)23(27)25-20-11-6-10-19(14-20)17(3)26/h4-16,24H,1-3H3,(H,25,27)/p+1/t15-,16-/m1/s1. The fourth-order valence-electron chi connectivity index (χ4n) is 3.34. The van der Waals surface area contributed by atoms with Crippen molar-refractivity contribution >= 4 is 28.2 Å². The van der Waals surface area contributed by atoms with E-state index < -0.39 is 0 Å². The predicted molar refractivity (Wildman–Crippen MR) is 109 cm³/mol. The van der Waals surface area contributed by atoms with Crippen LogP contribution in [-0.2, 0) is 4.79 Å². The first-order chi connectivity index (χ1) is 13.0. The Bertz CT molecular complexity index is 976. The largest absolute Gasteiger partial charge is 0.330 e. The molecule has 138 valence electrons. The Morgan fingerprint density at radius 2 is 1.63 bits per heavy atom. The zero-order chi connectivity index (χ0) is 19.4. The minimum atomic E-state index is -0.264. The van der Waals surface area contributed by atoms with Crippen LogP contribution in [0.5, 0.6) is 0 Å². The van der Waals surface area contributed by atoms with Crippen LogP contribution in [-0.4, -0.2) is 17.7 Å². The van der Waals surface area contributed by atoms with Crippen LogP contribution in [0.25, 0.3) is 10.8 Å². The third kappa shape index (κ3) is 4.41. The summed E-state index contributed by atoms with van der Waals surface area (Å²) in [5, 5.41) is 7.39. The Kier molecular flexibility index (Phi) is 5.67. The van der Waals surface area contributed by atoms with E-state index in [-0.39, 0.29) is 23.8 Å². The highest BCUT2D eigenvalue weighted by atomic mass is 16.2. The Morgan fingerprint density at radius 3 is 2.41 bits per heavy atom. The third-order valence-electron chi connectivity index (χ3n) is 4.84. The van der Waals surface area contributed by atoms with Crippen molar-refractivity contribution in [2.24, 2.45) is 0 Å². The molecule has 2 atom stereocenters. The molecule has 0 saturated carbocycles. The topological polar surface area (TPSA) is 62.8 Å². The number of nitrogens with two attached hydrogens (primary N) is 1. The number of ketones is 1. The van der Waals surface area contributed by atoms with Crippen LogP contribution in [0.15, 0.2) is 66.7 Å². The van der Waals surface area contributed by atoms with Crippen LogP contribution in [0.4, 0.5) is 5.69 Å². The van der Waals surface area contributed by atoms with Crippen molar-refractivity contribution in [1.82, 2.24) is 0 Å². The lowest BCUT2D eigenvalue weighted by molar-refractivity contribution is -0.709. The maximum absolute atomic E-state index is 12.6. The highest BCUT2D eigenvalue weighted by Gasteiger charge is 2.21. The molecule has 0 spiro atoms. The molecule has 3 rings (SSSR count). The second-order valence-corrected chi connectivity index (χ2v) is 6.96. The summed E-state index contributed by atoms with van der Waals surface area (Å²) in [6, 6.07) is 21.5. The molecular formula is C23H25N2O2+. The van der Waals surface area contributed by atoms with E-state index >= 15 is 0 Å². The molecule has 1 amide bonds. The van der Waals surface area contributed by atoms with Gasteiger partial charge >= 0.3 is 0 Å². The summed E-state index contributed by atoms with van der Waals surface area (Å²) in [7, 11) is 0. The van der Waals surface area contributed by atoms with Gasteiger partial charge in [0.1, 0.15) is 6.04 Å². The van der Waals surface area contributed by atoms with Crippen molar-refractivity contribution in [3.05, 3.63) is 77.9 Å². The van der Waals surface area contributed by atoms with Crippen LogP contribution in [0.3, 0.4) is 0 Å². The van der Waals surface area contributed by atoms with Crippen molar-refractivity contribution in [3.8, 4) is 0 Å². The molecule has 0 unspecified atom stereocenters. The number of hydrogen-bond donors (Lipinski definition) is 2. The number of quaternary nitrogens is 1. The molecule has 3 aromatic rings. The van der Waals surface area contributed by atoms with Gasteiger partial charge in [-0.15, -0.1) is 0 Å². The lowest BCUT2D eigenvalue weighted by Crippen LogP contribution is -2.91. The Balaban J connectivity index is 1.70. The van der Waals surface area contributed by atoms with Gasteiger partial charge in [-0.25, -0.2) is 0 Å². The molecule has 0 aliphatic heterocycles. The number of fused-ring (bicyclic) bond motifs is 1. The maximum atomic E-state index is 12.6. The van der Waals surface area contributed by atoms with Crippen molar-refractivity contribution in [1.29, 1.82) is 0 Å². The molecule has 4 nitrogen and oxygen atoms in total. The van der Waals surface area contributed by atoms with E-state index in [0.717, 1.165) is 0 Å². The zero-order valence-corrected chi connectivity index (χ0v) is 15.9. The lowest BCUT2D eigenvalue weighted by atomic mass is 9.99. The first-order valence-electron chi connectivity index (χ1n) is 9.20. The number of hydrogen-bond acceptors (Lipinski definition) is 2. The van der Waals surface area contributed by atoms with E-state index in [4.69, 9.17) is 0 Å². The normalized spacial score (nSPS) is 13.1. The van der Waals surface area contributed by atoms with E-state index in [1.807, 2.05) is 19.1 Å². The minimum absolute atomic E-state index is 0.0183. The van der Waals surface area contributed by atoms with Crippen LogP contribution in [0, 0.1) is 0 Å². The second kappa shape index (κ2) is 8.14. The van der Waals surface area contributed by atoms with Crippen molar-refractivity contribution < 1.29 is 14.9 Å². The second-order valence-electron chi connectivity index (χ2n) is 6.96. The molecule has 0 aromatic heterocycles. The summed E-state index contributed by atoms with van der Waals surface area (Å²) in [5.41, 5.74) is 2.45. The van der Waals surface area contributed by atoms with Crippen LogP contribution < -0.4 is 10.6 Å². The van der Waals surface area contributed by atoms with E-state index in [2.05, 4.69) is 47.9 Å². The number of rotatable bonds is 6. The van der Waals surface area contributed by atoms with Gasteiger partial charge in [0.15, 0.2) is 11.8 Å². The maximum Gasteiger partial charge on any atom is 0.282 e. The highest BCUT2D eigenvalue weighted by molar-refractivity contribution is 5.98. The number of nitrogens with one attached hydrogen (secondary N) is 1. The Morgan fingerprint density at radius 1 is 0.926 bits per heavy atom. The number of carbonyl (C=O) groups excluding carboxylic acids is 2. The summed E-state index contributed by atoms with van der Waals surface area (Å²) >= 11 is 0. The van der Waals surface area contributed by atoms with Gasteiger partial charge in [0.05, 0.1) is 0 Å². The highest BCUT2D eigenvalue weighted by Crippen LogP contribution is 2.22. The molecule has 0 aliphatic carbocycles. The smallest absolute Gasteiger partial charge is 0.282 e. The van der Waals surface area contributed by atoms with Crippen molar-refractivity contribution in [2.45, 2.75) is 32.9 Å². The van der Waals surface area contributed by atoms with Crippen LogP contribution in [0.1, 0.15) is 42.7 Å². The summed E-state index contributed by atoms with van der Waals surface area (Å²) in [4.78, 5) is 24.1. The first kappa shape index (κ1) is 18.8. The quantitative estimate of drug-likeness (QED) is 0.658. The molecular weight excluding hydrogens is 336 g/mol. The summed E-state index contributed by atoms with van der Waals surface area (Å²) in [6.45, 7) is 5.52. The number of benzene rings is 3. The van der Waals surface area contributed by atoms with Gasteiger partial charge < -0.3 is 10.6 Å². The van der Waals surface area contributed by atoms with E-state index in [1.54, 1.807) is 24.3 Å². The SMILES string of the molecule is CC(=O)c1cccc(NC(=O)[C@@H](C)[NH2+][C@H](C)c2cccc3ccccc23)c1. The molecule has 0 heterocycles. The zero-order valence-electron chi connectivity index (χ0n) is 15.9. The summed E-state index contributed by atoms with van der Waals surface area (Å²) in [6.07, 6.45) is 0. The average Bonchev–Trinajstić information content (AvgIpc) is 2.67. The lowest BCUT2D eigenvalue weighted by Gasteiger charge is -2.18. The molecule has 27 heavy (non-hydrogen) atoms. The van der Waals surface area contributed by atoms with Gasteiger partial charge in [-0.05, 0) is 43.7 Å². The van der Waals surface area contributed by atoms with Gasteiger partial charge in [-0.2, -0.15) is 0 Å². The number of carbonyl (C=O) groups is 2. The molecule has 0 fully saturated rings. The van der Waals surface area contributed by atoms with Gasteiger partial charge in [0.25, 0.3) is 5.91 Å². The fourth-order valence-corrected chi connectivity index (χ4v) is 3.34. The summed E-state index contributed by atoms with van der Waals surface area (Å²) in [5.74, 6) is -0.0990. The van der Waals surface area contributed by atoms with E-state index in [9.17, 15) is 9.59 Å². The van der Waals surface area contributed by atoms with Gasteiger partial charge in [0, 0.05) is 16.8 Å². The fraction of sp³-hybridized carbons (Fsp3) is 0.217. The monoisotopic (exact) mass is 361 g/mol. The summed E-state index contributed by atoms with van der Waals surface area (Å²) < 4.78 is 0. The minimum Gasteiger partial charge on any atom is -0.330 e. The van der Waals surface area contributed by atoms with Crippen LogP contribution in [0.2, 0.25) is 0 Å². The third-order valence-corrected chi connectivity index (χ3v) is 4.84. The molecule has 0 aliphatic rings. The van der Waals surface area contributed by atoms with E-state index in [0.29, 0.717) is 11.3 Å². The van der Waals surface area contributed by atoms with Gasteiger partial charge in [-0.1, -0.05) is 54.6 Å². The number of anilines is 1. The average molecular weight is 361 g/mol. The molecule has 4 heteroatoms. The number of amides is 1.